The number of aryl methyl sites for hydroxylation is 1. The number of hydrogen-bond donors (Lipinski definition) is 1. The Labute approximate surface area is 133 Å². The van der Waals surface area contributed by atoms with E-state index in [1.165, 1.54) is 17.5 Å². The normalized spacial score (nSPS) is 22.5. The number of nitrogens with zero attached hydrogens (tertiary/aromatic N) is 1. The van der Waals surface area contributed by atoms with Crippen molar-refractivity contribution in [1.82, 2.24) is 4.90 Å². The maximum Gasteiger partial charge on any atom is 0.233 e. The van der Waals surface area contributed by atoms with Crippen LogP contribution in [-0.4, -0.2) is 35.1 Å². The van der Waals surface area contributed by atoms with Crippen LogP contribution in [0.5, 0.6) is 0 Å². The summed E-state index contributed by atoms with van der Waals surface area (Å²) in [4.78, 5) is 15.3. The number of hydrogen-bond acceptors (Lipinski definition) is 2. The van der Waals surface area contributed by atoms with Gasteiger partial charge in [0.25, 0.3) is 0 Å². The van der Waals surface area contributed by atoms with Gasteiger partial charge >= 0.3 is 0 Å². The molecule has 0 atom stereocenters. The number of aliphatic hydroxyl groups excluding tert-OH is 1. The number of aliphatic hydroxyl groups is 1. The number of amides is 1. The van der Waals surface area contributed by atoms with Gasteiger partial charge in [0.2, 0.25) is 5.91 Å². The first-order valence-electron chi connectivity index (χ1n) is 8.66. The smallest absolute Gasteiger partial charge is 0.233 e. The molecule has 1 saturated heterocycles. The lowest BCUT2D eigenvalue weighted by Gasteiger charge is -2.42. The molecule has 1 aromatic carbocycles. The van der Waals surface area contributed by atoms with Gasteiger partial charge in [-0.3, -0.25) is 4.79 Å². The van der Waals surface area contributed by atoms with Crippen molar-refractivity contribution in [2.45, 2.75) is 63.4 Å². The molecule has 3 heteroatoms. The molecule has 0 spiro atoms. The van der Waals surface area contributed by atoms with Crippen molar-refractivity contribution in [3.05, 3.63) is 35.4 Å². The molecule has 1 N–H and O–H groups in total. The molecule has 1 heterocycles. The van der Waals surface area contributed by atoms with Crippen LogP contribution in [0.15, 0.2) is 24.3 Å². The van der Waals surface area contributed by atoms with Crippen LogP contribution >= 0.6 is 0 Å². The fourth-order valence-electron chi connectivity index (χ4n) is 4.10. The van der Waals surface area contributed by atoms with Gasteiger partial charge in [-0.1, -0.05) is 49.1 Å². The van der Waals surface area contributed by atoms with Crippen molar-refractivity contribution >= 4 is 5.91 Å². The Balaban J connectivity index is 1.90. The van der Waals surface area contributed by atoms with Crippen LogP contribution in [-0.2, 0) is 10.2 Å². The second kappa shape index (κ2) is 6.41. The van der Waals surface area contributed by atoms with Gasteiger partial charge < -0.3 is 10.0 Å². The van der Waals surface area contributed by atoms with E-state index in [1.54, 1.807) is 0 Å². The minimum atomic E-state index is -0.327. The molecular weight excluding hydrogens is 274 g/mol. The van der Waals surface area contributed by atoms with E-state index in [1.807, 2.05) is 4.90 Å². The first-order chi connectivity index (χ1) is 10.6. The fourth-order valence-corrected chi connectivity index (χ4v) is 4.10. The van der Waals surface area contributed by atoms with Crippen molar-refractivity contribution in [2.24, 2.45) is 0 Å². The van der Waals surface area contributed by atoms with Gasteiger partial charge in [-0.15, -0.1) is 0 Å². The van der Waals surface area contributed by atoms with Gasteiger partial charge in [0.1, 0.15) is 0 Å². The van der Waals surface area contributed by atoms with E-state index in [-0.39, 0.29) is 11.5 Å². The Morgan fingerprint density at radius 3 is 2.50 bits per heavy atom. The van der Waals surface area contributed by atoms with E-state index in [2.05, 4.69) is 31.2 Å². The van der Waals surface area contributed by atoms with E-state index in [4.69, 9.17) is 0 Å². The van der Waals surface area contributed by atoms with Crippen LogP contribution in [0, 0.1) is 6.92 Å². The number of benzene rings is 1. The SMILES string of the molecule is Cc1cccc(C2(C(=O)N3CCC(O)CC3)CCCCC2)c1. The first-order valence-corrected chi connectivity index (χ1v) is 8.66. The molecule has 1 aliphatic heterocycles. The average molecular weight is 301 g/mol. The average Bonchev–Trinajstić information content (AvgIpc) is 2.55. The number of piperidine rings is 1. The quantitative estimate of drug-likeness (QED) is 0.911. The predicted molar refractivity (Wildman–Crippen MR) is 87.8 cm³/mol. The molecule has 22 heavy (non-hydrogen) atoms. The fraction of sp³-hybridized carbons (Fsp3) is 0.632. The van der Waals surface area contributed by atoms with Crippen LogP contribution in [0.4, 0.5) is 0 Å². The molecule has 1 aliphatic carbocycles. The second-order valence-corrected chi connectivity index (χ2v) is 7.04. The van der Waals surface area contributed by atoms with Crippen LogP contribution in [0.25, 0.3) is 0 Å². The standard InChI is InChI=1S/C19H27NO2/c1-15-6-5-7-16(14-15)19(10-3-2-4-11-19)18(22)20-12-8-17(21)9-13-20/h5-7,14,17,21H,2-4,8-13H2,1H3. The molecule has 120 valence electrons. The Kier molecular flexibility index (Phi) is 4.53. The van der Waals surface area contributed by atoms with Gasteiger partial charge in [0, 0.05) is 13.1 Å². The Bertz CT molecular complexity index is 526. The topological polar surface area (TPSA) is 40.5 Å². The third-order valence-electron chi connectivity index (χ3n) is 5.44. The van der Waals surface area contributed by atoms with E-state index < -0.39 is 0 Å². The third kappa shape index (κ3) is 2.91. The maximum atomic E-state index is 13.3. The summed E-state index contributed by atoms with van der Waals surface area (Å²) in [7, 11) is 0. The summed E-state index contributed by atoms with van der Waals surface area (Å²) in [5.74, 6) is 0.296. The zero-order valence-corrected chi connectivity index (χ0v) is 13.6. The molecule has 0 unspecified atom stereocenters. The van der Waals surface area contributed by atoms with E-state index in [9.17, 15) is 9.90 Å². The minimum absolute atomic E-state index is 0.231. The van der Waals surface area contributed by atoms with Gasteiger partial charge in [0.05, 0.1) is 11.5 Å². The molecule has 1 aromatic rings. The molecule has 0 aromatic heterocycles. The lowest BCUT2D eigenvalue weighted by molar-refractivity contribution is -0.141. The molecule has 2 aliphatic rings. The highest BCUT2D eigenvalue weighted by atomic mass is 16.3. The monoisotopic (exact) mass is 301 g/mol. The molecular formula is C19H27NO2. The molecule has 3 nitrogen and oxygen atoms in total. The number of rotatable bonds is 2. The highest BCUT2D eigenvalue weighted by molar-refractivity contribution is 5.88. The lowest BCUT2D eigenvalue weighted by Crippen LogP contribution is -2.51. The summed E-state index contributed by atoms with van der Waals surface area (Å²) in [6.07, 6.45) is 6.64. The third-order valence-corrected chi connectivity index (χ3v) is 5.44. The second-order valence-electron chi connectivity index (χ2n) is 7.04. The van der Waals surface area contributed by atoms with Crippen molar-refractivity contribution in [3.8, 4) is 0 Å². The Morgan fingerprint density at radius 2 is 1.86 bits per heavy atom. The Hall–Kier alpha value is -1.35. The van der Waals surface area contributed by atoms with Crippen LogP contribution in [0.2, 0.25) is 0 Å². The summed E-state index contributed by atoms with van der Waals surface area (Å²) in [6, 6.07) is 8.51. The Morgan fingerprint density at radius 1 is 1.18 bits per heavy atom. The van der Waals surface area contributed by atoms with Gasteiger partial charge in [-0.05, 0) is 38.2 Å². The minimum Gasteiger partial charge on any atom is -0.393 e. The van der Waals surface area contributed by atoms with E-state index >= 15 is 0 Å². The van der Waals surface area contributed by atoms with Crippen LogP contribution < -0.4 is 0 Å². The van der Waals surface area contributed by atoms with Gasteiger partial charge in [-0.25, -0.2) is 0 Å². The molecule has 0 radical (unpaired) electrons. The highest BCUT2D eigenvalue weighted by Crippen LogP contribution is 2.41. The van der Waals surface area contributed by atoms with Gasteiger partial charge in [0.15, 0.2) is 0 Å². The summed E-state index contributed by atoms with van der Waals surface area (Å²) < 4.78 is 0. The number of carbonyl (C=O) groups is 1. The van der Waals surface area contributed by atoms with Crippen molar-refractivity contribution in [2.75, 3.05) is 13.1 Å². The zero-order valence-electron chi connectivity index (χ0n) is 13.6. The molecule has 0 bridgehead atoms. The van der Waals surface area contributed by atoms with E-state index in [0.717, 1.165) is 38.5 Å². The summed E-state index contributed by atoms with van der Waals surface area (Å²) >= 11 is 0. The summed E-state index contributed by atoms with van der Waals surface area (Å²) in [5.41, 5.74) is 2.10. The van der Waals surface area contributed by atoms with Crippen LogP contribution in [0.1, 0.15) is 56.1 Å². The van der Waals surface area contributed by atoms with Crippen LogP contribution in [0.3, 0.4) is 0 Å². The molecule has 1 amide bonds. The lowest BCUT2D eigenvalue weighted by atomic mass is 9.68. The zero-order chi connectivity index (χ0) is 15.6. The predicted octanol–water partition coefficient (Wildman–Crippen LogP) is 3.18. The van der Waals surface area contributed by atoms with Gasteiger partial charge in [-0.2, -0.15) is 0 Å². The number of likely N-dealkylation sites (tertiary alicyclic amines) is 1. The maximum absolute atomic E-state index is 13.3. The first kappa shape index (κ1) is 15.5. The molecule has 3 rings (SSSR count). The molecule has 2 fully saturated rings. The van der Waals surface area contributed by atoms with E-state index in [0.29, 0.717) is 19.0 Å². The van der Waals surface area contributed by atoms with Crippen molar-refractivity contribution in [1.29, 1.82) is 0 Å². The van der Waals surface area contributed by atoms with Crippen molar-refractivity contribution in [3.63, 3.8) is 0 Å². The largest absolute Gasteiger partial charge is 0.393 e. The summed E-state index contributed by atoms with van der Waals surface area (Å²) in [5, 5.41) is 9.70. The van der Waals surface area contributed by atoms with Crippen molar-refractivity contribution < 1.29 is 9.90 Å². The molecule has 1 saturated carbocycles. The highest BCUT2D eigenvalue weighted by Gasteiger charge is 2.44. The number of carbonyl (C=O) groups excluding carboxylic acids is 1. The summed E-state index contributed by atoms with van der Waals surface area (Å²) in [6.45, 7) is 3.50.